The minimum atomic E-state index is -0.291. The fourth-order valence-electron chi connectivity index (χ4n) is 1.80. The van der Waals surface area contributed by atoms with E-state index < -0.39 is 0 Å². The molecule has 0 bridgehead atoms. The first kappa shape index (κ1) is 12.5. The molecule has 0 radical (unpaired) electrons. The van der Waals surface area contributed by atoms with Crippen LogP contribution in [-0.2, 0) is 5.54 Å². The number of rotatable bonds is 3. The molecule has 2 heterocycles. The van der Waals surface area contributed by atoms with Crippen molar-refractivity contribution in [2.24, 2.45) is 0 Å². The van der Waals surface area contributed by atoms with E-state index in [4.69, 9.17) is 0 Å². The number of benzene rings is 1. The molecule has 3 nitrogen and oxygen atoms in total. The predicted molar refractivity (Wildman–Crippen MR) is 78.3 cm³/mol. The molecule has 0 amide bonds. The van der Waals surface area contributed by atoms with Crippen LogP contribution in [0.25, 0.3) is 10.2 Å². The number of halogens is 1. The van der Waals surface area contributed by atoms with Crippen molar-refractivity contribution >= 4 is 38.0 Å². The van der Waals surface area contributed by atoms with Gasteiger partial charge >= 0.3 is 0 Å². The smallest absolute Gasteiger partial charge is 0.184 e. The number of hydrogen-bond acceptors (Lipinski definition) is 5. The first-order valence-electron chi connectivity index (χ1n) is 5.79. The van der Waals surface area contributed by atoms with Crippen LogP contribution in [0.2, 0.25) is 0 Å². The molecular formula is C13H12FN3S2. The average molecular weight is 293 g/mol. The van der Waals surface area contributed by atoms with Gasteiger partial charge < -0.3 is 5.32 Å². The summed E-state index contributed by atoms with van der Waals surface area (Å²) in [4.78, 5) is 8.79. The highest BCUT2D eigenvalue weighted by Crippen LogP contribution is 2.32. The van der Waals surface area contributed by atoms with Crippen molar-refractivity contribution in [3.05, 3.63) is 40.6 Å². The van der Waals surface area contributed by atoms with E-state index in [2.05, 4.69) is 29.1 Å². The van der Waals surface area contributed by atoms with Gasteiger partial charge in [0.05, 0.1) is 15.8 Å². The third-order valence-electron chi connectivity index (χ3n) is 2.74. The van der Waals surface area contributed by atoms with Crippen molar-refractivity contribution in [2.75, 3.05) is 5.32 Å². The van der Waals surface area contributed by atoms with Gasteiger partial charge in [-0.25, -0.2) is 14.4 Å². The van der Waals surface area contributed by atoms with Gasteiger partial charge in [0.15, 0.2) is 5.13 Å². The van der Waals surface area contributed by atoms with Crippen molar-refractivity contribution in [1.82, 2.24) is 9.97 Å². The first-order chi connectivity index (χ1) is 9.04. The van der Waals surface area contributed by atoms with Gasteiger partial charge in [0, 0.05) is 11.6 Å². The fourth-order valence-corrected chi connectivity index (χ4v) is 3.57. The number of hydrogen-bond donors (Lipinski definition) is 1. The Morgan fingerprint density at radius 1 is 1.32 bits per heavy atom. The lowest BCUT2D eigenvalue weighted by Gasteiger charge is -2.23. The van der Waals surface area contributed by atoms with E-state index in [1.54, 1.807) is 23.6 Å². The highest BCUT2D eigenvalue weighted by atomic mass is 32.1. The molecule has 0 saturated heterocycles. The van der Waals surface area contributed by atoms with Gasteiger partial charge in [-0.05, 0) is 32.0 Å². The summed E-state index contributed by atoms with van der Waals surface area (Å²) < 4.78 is 14.0. The number of fused-ring (bicyclic) bond motifs is 1. The van der Waals surface area contributed by atoms with Crippen molar-refractivity contribution in [2.45, 2.75) is 19.4 Å². The lowest BCUT2D eigenvalue weighted by Crippen LogP contribution is -2.27. The summed E-state index contributed by atoms with van der Waals surface area (Å²) in [6, 6.07) is 4.63. The second kappa shape index (κ2) is 4.54. The molecule has 98 valence electrons. The van der Waals surface area contributed by atoms with Gasteiger partial charge in [-0.15, -0.1) is 11.3 Å². The van der Waals surface area contributed by atoms with E-state index in [9.17, 15) is 4.39 Å². The maximum Gasteiger partial charge on any atom is 0.184 e. The molecule has 0 saturated carbocycles. The van der Waals surface area contributed by atoms with Gasteiger partial charge in [-0.2, -0.15) is 0 Å². The number of anilines is 1. The minimum absolute atomic E-state index is 0.234. The molecule has 0 unspecified atom stereocenters. The van der Waals surface area contributed by atoms with Crippen LogP contribution in [0.1, 0.15) is 18.9 Å². The SMILES string of the molecule is CC(C)(Nc1nc2ccc(F)cc2s1)c1nccs1. The van der Waals surface area contributed by atoms with Crippen LogP contribution in [-0.4, -0.2) is 9.97 Å². The van der Waals surface area contributed by atoms with Crippen LogP contribution in [0.4, 0.5) is 9.52 Å². The third kappa shape index (κ3) is 2.46. The summed E-state index contributed by atoms with van der Waals surface area (Å²) >= 11 is 3.05. The van der Waals surface area contributed by atoms with Crippen molar-refractivity contribution in [1.29, 1.82) is 0 Å². The van der Waals surface area contributed by atoms with E-state index in [0.29, 0.717) is 0 Å². The summed E-state index contributed by atoms with van der Waals surface area (Å²) in [6.07, 6.45) is 1.79. The molecule has 6 heteroatoms. The lowest BCUT2D eigenvalue weighted by atomic mass is 10.1. The number of nitrogens with one attached hydrogen (secondary N) is 1. The van der Waals surface area contributed by atoms with Crippen LogP contribution in [0.3, 0.4) is 0 Å². The monoisotopic (exact) mass is 293 g/mol. The zero-order valence-electron chi connectivity index (χ0n) is 10.5. The van der Waals surface area contributed by atoms with Crippen LogP contribution in [0.5, 0.6) is 0 Å². The zero-order valence-corrected chi connectivity index (χ0v) is 12.1. The normalized spacial score (nSPS) is 11.9. The van der Waals surface area contributed by atoms with Crippen molar-refractivity contribution in [3.63, 3.8) is 0 Å². The molecule has 3 aromatic rings. The molecule has 19 heavy (non-hydrogen) atoms. The van der Waals surface area contributed by atoms with Crippen LogP contribution in [0.15, 0.2) is 29.8 Å². The highest BCUT2D eigenvalue weighted by molar-refractivity contribution is 7.22. The largest absolute Gasteiger partial charge is 0.350 e. The topological polar surface area (TPSA) is 37.8 Å². The van der Waals surface area contributed by atoms with Gasteiger partial charge in [0.1, 0.15) is 10.8 Å². The van der Waals surface area contributed by atoms with Crippen molar-refractivity contribution < 1.29 is 4.39 Å². The minimum Gasteiger partial charge on any atom is -0.350 e. The van der Waals surface area contributed by atoms with Gasteiger partial charge in [0.25, 0.3) is 0 Å². The average Bonchev–Trinajstić information content (AvgIpc) is 2.95. The second-order valence-corrected chi connectivity index (χ2v) is 6.64. The molecule has 0 aliphatic heterocycles. The predicted octanol–water partition coefficient (Wildman–Crippen LogP) is 4.24. The molecule has 1 N–H and O–H groups in total. The van der Waals surface area contributed by atoms with E-state index in [0.717, 1.165) is 20.4 Å². The maximum atomic E-state index is 13.2. The van der Waals surface area contributed by atoms with Crippen molar-refractivity contribution in [3.8, 4) is 0 Å². The zero-order chi connectivity index (χ0) is 13.5. The molecule has 0 spiro atoms. The Morgan fingerprint density at radius 2 is 2.16 bits per heavy atom. The number of aromatic nitrogens is 2. The Labute approximate surface area is 118 Å². The molecule has 0 aliphatic carbocycles. The summed E-state index contributed by atoms with van der Waals surface area (Å²) in [5.74, 6) is -0.234. The molecule has 0 atom stereocenters. The number of thiazole rings is 2. The van der Waals surface area contributed by atoms with Gasteiger partial charge in [0.2, 0.25) is 0 Å². The quantitative estimate of drug-likeness (QED) is 0.785. The van der Waals surface area contributed by atoms with Crippen LogP contribution < -0.4 is 5.32 Å². The molecule has 3 rings (SSSR count). The maximum absolute atomic E-state index is 13.2. The summed E-state index contributed by atoms with van der Waals surface area (Å²) in [5, 5.41) is 7.09. The Balaban J connectivity index is 1.93. The highest BCUT2D eigenvalue weighted by Gasteiger charge is 2.24. The van der Waals surface area contributed by atoms with Gasteiger partial charge in [-0.1, -0.05) is 11.3 Å². The molecule has 0 aliphatic rings. The molecular weight excluding hydrogens is 281 g/mol. The Hall–Kier alpha value is -1.53. The van der Waals surface area contributed by atoms with E-state index in [1.807, 2.05) is 5.38 Å². The van der Waals surface area contributed by atoms with Crippen LogP contribution >= 0.6 is 22.7 Å². The lowest BCUT2D eigenvalue weighted by molar-refractivity contribution is 0.604. The molecule has 1 aromatic carbocycles. The Bertz CT molecular complexity index is 704. The standard InChI is InChI=1S/C13H12FN3S2/c1-13(2,11-15-5-6-18-11)17-12-16-9-4-3-8(14)7-10(9)19-12/h3-7H,1-2H3,(H,16,17). The van der Waals surface area contributed by atoms with Gasteiger partial charge in [-0.3, -0.25) is 0 Å². The summed E-state index contributed by atoms with van der Waals surface area (Å²) in [5.41, 5.74) is 0.518. The Kier molecular flexibility index (Phi) is 2.99. The summed E-state index contributed by atoms with van der Waals surface area (Å²) in [7, 11) is 0. The van der Waals surface area contributed by atoms with E-state index in [1.165, 1.54) is 23.5 Å². The number of nitrogens with zero attached hydrogens (tertiary/aromatic N) is 2. The van der Waals surface area contributed by atoms with Crippen LogP contribution in [0, 0.1) is 5.82 Å². The second-order valence-electron chi connectivity index (χ2n) is 4.72. The molecule has 2 aromatic heterocycles. The van der Waals surface area contributed by atoms with E-state index >= 15 is 0 Å². The van der Waals surface area contributed by atoms with E-state index in [-0.39, 0.29) is 11.4 Å². The Morgan fingerprint density at radius 3 is 2.89 bits per heavy atom. The third-order valence-corrected chi connectivity index (χ3v) is 4.77. The first-order valence-corrected chi connectivity index (χ1v) is 7.48. The fraction of sp³-hybridized carbons (Fsp3) is 0.231. The summed E-state index contributed by atoms with van der Waals surface area (Å²) in [6.45, 7) is 4.11. The molecule has 0 fully saturated rings.